The number of hydrogen-bond donors (Lipinski definition) is 0. The maximum atomic E-state index is 5.64. The third-order valence-corrected chi connectivity index (χ3v) is 20.9. The van der Waals surface area contributed by atoms with Crippen LogP contribution in [0.2, 0.25) is 0 Å². The minimum Gasteiger partial charge on any atom is -0.453 e. The number of furan rings is 5. The Labute approximate surface area is 610 Å². The van der Waals surface area contributed by atoms with E-state index in [1.54, 1.807) is 31.0 Å². The topological polar surface area (TPSA) is 220 Å². The van der Waals surface area contributed by atoms with Gasteiger partial charge in [-0.3, -0.25) is 24.9 Å². The van der Waals surface area contributed by atoms with E-state index in [1.165, 1.54) is 62.6 Å². The van der Waals surface area contributed by atoms with Crippen LogP contribution in [0, 0.1) is 96.9 Å². The second-order valence-corrected chi connectivity index (χ2v) is 28.5. The summed E-state index contributed by atoms with van der Waals surface area (Å²) >= 11 is 3.73. The van der Waals surface area contributed by atoms with Crippen LogP contribution in [0.5, 0.6) is 0 Å². The first-order valence-corrected chi connectivity index (χ1v) is 35.9. The van der Waals surface area contributed by atoms with Crippen molar-refractivity contribution in [2.75, 3.05) is 0 Å². The van der Waals surface area contributed by atoms with Gasteiger partial charge in [0.15, 0.2) is 33.5 Å². The lowest BCUT2D eigenvalue weighted by Gasteiger charge is -1.94. The average molecular weight is 1420 g/mol. The van der Waals surface area contributed by atoms with Crippen molar-refractivity contribution in [2.45, 2.75) is 96.9 Å². The maximum Gasteiger partial charge on any atom is 0.246 e. The van der Waals surface area contributed by atoms with E-state index >= 15 is 0 Å². The van der Waals surface area contributed by atoms with E-state index in [0.29, 0.717) is 17.1 Å². The first kappa shape index (κ1) is 68.4. The molecule has 19 heteroatoms. The summed E-state index contributed by atoms with van der Waals surface area (Å²) in [5, 5.41) is 11.8. The molecule has 0 radical (unpaired) electrons. The summed E-state index contributed by atoms with van der Waals surface area (Å²) in [4.78, 5) is 51.8. The fraction of sp³-hybridized carbons (Fsp3) is 0.163. The standard InChI is InChI=1S/2C13H11NS.5C12H10N2O/c1-8-4-3-5-10-11-7-14-6-9(2)13(11)15-12(8)10;1-8-4-3-5-10-11-6-7-14-9(2)13(11)15-12(8)10;1-7-3-9-10-4-8(2)14-6-12(10)15-11(9)5-13-7;1-7-3-10-9-4-8(2)13-6-11(9)15-12(10)14-5-7;1-7-3-5-9-11(13-7)12-10(15-9)6-4-8(2)14-12;1-7-5-9-11-10(4-3-8(2)14-11)15-12(9)13-6-7;1-7-3-4-10-9(5-7)11-12(15-10)13-6-8(2)14-11/h2*3-7H,1-2H3;5*3-6H,1-2H3. The number of pyridine rings is 10. The average Bonchev–Trinajstić information content (AvgIpc) is 1.64. The van der Waals surface area contributed by atoms with Crippen LogP contribution >= 0.6 is 22.7 Å². The Hall–Kier alpha value is -12.3. The summed E-state index contributed by atoms with van der Waals surface area (Å²) in [6, 6.07) is 43.0. The molecule has 0 N–H and O–H groups in total. The minimum absolute atomic E-state index is 0.612. The molecule has 0 saturated heterocycles. The number of thiophene rings is 2. The molecule has 0 atom stereocenters. The van der Waals surface area contributed by atoms with Crippen molar-refractivity contribution in [3.05, 3.63) is 262 Å². The lowest BCUT2D eigenvalue weighted by Crippen LogP contribution is -1.83. The molecular weight excluding hydrogens is 1350 g/mol. The van der Waals surface area contributed by atoms with Gasteiger partial charge in [-0.1, -0.05) is 48.0 Å². The predicted molar refractivity (Wildman–Crippen MR) is 427 cm³/mol. The molecule has 17 nitrogen and oxygen atoms in total. The van der Waals surface area contributed by atoms with E-state index < -0.39 is 0 Å². The largest absolute Gasteiger partial charge is 0.453 e. The van der Waals surface area contributed by atoms with Crippen LogP contribution in [0.15, 0.2) is 205 Å². The normalized spacial score (nSPS) is 11.3. The molecule has 21 rings (SSSR count). The SMILES string of the molecule is Cc1cc2c(cn1)oc1cnc(C)cc12.Cc1ccc2oc3ccc(C)nc3c2n1.Cc1ccc2oc3ncc(C)nc3c2c1.Cc1cccc2c1sc1c(C)cncc12.Cc1cccc2c1sc1c(C)nccc12.Cc1cnc2oc3ccc(C)nc3c2c1.Cc1cnc2oc3cnc(C)cc3c2c1. The Morgan fingerprint density at radius 2 is 0.695 bits per heavy atom. The van der Waals surface area contributed by atoms with Crippen molar-refractivity contribution >= 4 is 174 Å². The molecule has 0 aliphatic heterocycles. The maximum absolute atomic E-state index is 5.64. The zero-order valence-corrected chi connectivity index (χ0v) is 62.2. The highest BCUT2D eigenvalue weighted by molar-refractivity contribution is 7.26. The van der Waals surface area contributed by atoms with Crippen LogP contribution in [-0.4, -0.2) is 59.8 Å². The van der Waals surface area contributed by atoms with Crippen LogP contribution in [-0.2, 0) is 0 Å². The van der Waals surface area contributed by atoms with E-state index in [1.807, 2.05) is 177 Å². The van der Waals surface area contributed by atoms with E-state index in [2.05, 4.69) is 155 Å². The zero-order valence-electron chi connectivity index (χ0n) is 60.5. The molecule has 105 heavy (non-hydrogen) atoms. The van der Waals surface area contributed by atoms with Crippen LogP contribution in [0.3, 0.4) is 0 Å². The molecular formula is C86H72N12O5S2. The van der Waals surface area contributed by atoms with Crippen molar-refractivity contribution in [3.63, 3.8) is 0 Å². The molecule has 0 unspecified atom stereocenters. The van der Waals surface area contributed by atoms with Gasteiger partial charge in [-0.2, -0.15) is 0 Å². The van der Waals surface area contributed by atoms with E-state index in [9.17, 15) is 0 Å². The Morgan fingerprint density at radius 3 is 1.30 bits per heavy atom. The number of hydrogen-bond acceptors (Lipinski definition) is 19. The van der Waals surface area contributed by atoms with Gasteiger partial charge in [0.05, 0.1) is 46.3 Å². The summed E-state index contributed by atoms with van der Waals surface area (Å²) in [5.41, 5.74) is 26.5. The molecule has 0 spiro atoms. The van der Waals surface area contributed by atoms with Crippen molar-refractivity contribution < 1.29 is 22.1 Å². The highest BCUT2D eigenvalue weighted by Crippen LogP contribution is 2.39. The third-order valence-electron chi connectivity index (χ3n) is 17.9. The first-order chi connectivity index (χ1) is 50.7. The Kier molecular flexibility index (Phi) is 18.6. The molecule has 518 valence electrons. The van der Waals surface area contributed by atoms with Crippen molar-refractivity contribution in [1.82, 2.24) is 59.8 Å². The van der Waals surface area contributed by atoms with Gasteiger partial charge in [-0.25, -0.2) is 34.9 Å². The van der Waals surface area contributed by atoms with E-state index in [4.69, 9.17) is 22.1 Å². The van der Waals surface area contributed by atoms with Gasteiger partial charge in [-0.15, -0.1) is 22.7 Å². The molecule has 0 aliphatic carbocycles. The van der Waals surface area contributed by atoms with Gasteiger partial charge in [-0.05, 0) is 210 Å². The van der Waals surface area contributed by atoms with E-state index in [-0.39, 0.29) is 0 Å². The number of nitrogens with zero attached hydrogens (tertiary/aromatic N) is 12. The molecule has 0 aliphatic rings. The molecule has 0 fully saturated rings. The fourth-order valence-corrected chi connectivity index (χ4v) is 15.1. The second kappa shape index (κ2) is 28.5. The molecule has 0 bridgehead atoms. The Bertz CT molecular complexity index is 5700. The molecule has 21 aromatic rings. The molecule has 0 saturated carbocycles. The third kappa shape index (κ3) is 14.0. The van der Waals surface area contributed by atoms with Gasteiger partial charge < -0.3 is 22.1 Å². The number of aryl methyl sites for hydroxylation is 14. The lowest BCUT2D eigenvalue weighted by atomic mass is 10.1. The van der Waals surface area contributed by atoms with Crippen molar-refractivity contribution in [3.8, 4) is 0 Å². The molecule has 0 amide bonds. The summed E-state index contributed by atoms with van der Waals surface area (Å²) in [6.07, 6.45) is 16.4. The van der Waals surface area contributed by atoms with Crippen LogP contribution < -0.4 is 0 Å². The minimum atomic E-state index is 0.612. The monoisotopic (exact) mass is 1420 g/mol. The summed E-state index contributed by atoms with van der Waals surface area (Å²) in [6.45, 7) is 28.4. The van der Waals surface area contributed by atoms with Gasteiger partial charge in [0.25, 0.3) is 0 Å². The van der Waals surface area contributed by atoms with Gasteiger partial charge in [0.1, 0.15) is 27.6 Å². The smallest absolute Gasteiger partial charge is 0.246 e. The van der Waals surface area contributed by atoms with Gasteiger partial charge in [0.2, 0.25) is 17.1 Å². The summed E-state index contributed by atoms with van der Waals surface area (Å²) in [5.74, 6) is 0. The summed E-state index contributed by atoms with van der Waals surface area (Å²) < 4.78 is 33.5. The van der Waals surface area contributed by atoms with Gasteiger partial charge >= 0.3 is 0 Å². The summed E-state index contributed by atoms with van der Waals surface area (Å²) in [7, 11) is 0. The number of benzene rings is 3. The predicted octanol–water partition coefficient (Wildman–Crippen LogP) is 23.1. The number of aromatic nitrogens is 12. The quantitative estimate of drug-likeness (QED) is 0.138. The second-order valence-electron chi connectivity index (χ2n) is 26.5. The fourth-order valence-electron chi connectivity index (χ4n) is 12.7. The number of rotatable bonds is 0. The highest BCUT2D eigenvalue weighted by atomic mass is 32.1. The molecule has 18 heterocycles. The highest BCUT2D eigenvalue weighted by Gasteiger charge is 2.16. The van der Waals surface area contributed by atoms with Crippen LogP contribution in [0.4, 0.5) is 0 Å². The zero-order chi connectivity index (χ0) is 72.9. The molecule has 3 aromatic carbocycles. The Balaban J connectivity index is 0.0000000983. The lowest BCUT2D eigenvalue weighted by molar-refractivity contribution is 0.651. The number of fused-ring (bicyclic) bond motifs is 21. The van der Waals surface area contributed by atoms with Crippen molar-refractivity contribution in [1.29, 1.82) is 0 Å². The van der Waals surface area contributed by atoms with Crippen LogP contribution in [0.25, 0.3) is 151 Å². The van der Waals surface area contributed by atoms with Gasteiger partial charge in [0, 0.05) is 128 Å². The van der Waals surface area contributed by atoms with E-state index in [0.717, 1.165) is 150 Å². The van der Waals surface area contributed by atoms with Crippen LogP contribution in [0.1, 0.15) is 78.9 Å². The molecule has 18 aromatic heterocycles. The Morgan fingerprint density at radius 1 is 0.248 bits per heavy atom. The first-order valence-electron chi connectivity index (χ1n) is 34.3. The van der Waals surface area contributed by atoms with Crippen molar-refractivity contribution in [2.24, 2.45) is 0 Å².